The minimum Gasteiger partial charge on any atom is -0.353 e. The summed E-state index contributed by atoms with van der Waals surface area (Å²) in [4.78, 5) is 40.3. The van der Waals surface area contributed by atoms with Crippen LogP contribution in [0.25, 0.3) is 11.1 Å². The topological polar surface area (TPSA) is 78.5 Å². The Hall–Kier alpha value is -3.36. The third kappa shape index (κ3) is 5.49. The predicted molar refractivity (Wildman–Crippen MR) is 126 cm³/mol. The first-order valence-corrected chi connectivity index (χ1v) is 11.5. The summed E-state index contributed by atoms with van der Waals surface area (Å²) in [6, 6.07) is 8.57. The molecule has 2 N–H and O–H groups in total. The minimum atomic E-state index is -4.48. The van der Waals surface area contributed by atoms with Gasteiger partial charge in [0.05, 0.1) is 16.8 Å². The maximum atomic E-state index is 13.4. The number of carbonyl (C=O) groups is 3. The standard InChI is InChI=1S/C26H28F3N3O3/c1-25(2,3)14-22(33)30-18-9-10-32-21(13-18)23(34)31-20-8-7-16(12-19(20)24(32)35)15-5-4-6-17(11-15)26(27,28)29/h4-8,11-12,18,21H,9-10,13-14H2,1-3H3,(H,30,33)(H,31,34). The van der Waals surface area contributed by atoms with Crippen LogP contribution in [0.2, 0.25) is 0 Å². The van der Waals surface area contributed by atoms with Crippen molar-refractivity contribution in [2.75, 3.05) is 11.9 Å². The van der Waals surface area contributed by atoms with Gasteiger partial charge in [0.1, 0.15) is 6.04 Å². The Labute approximate surface area is 201 Å². The van der Waals surface area contributed by atoms with E-state index in [0.717, 1.165) is 12.1 Å². The Kier molecular flexibility index (Phi) is 6.38. The summed E-state index contributed by atoms with van der Waals surface area (Å²) in [6.45, 7) is 6.19. The van der Waals surface area contributed by atoms with Crippen molar-refractivity contribution < 1.29 is 27.6 Å². The summed E-state index contributed by atoms with van der Waals surface area (Å²) >= 11 is 0. The SMILES string of the molecule is CC(C)(C)CC(=O)NC1CCN2C(=O)c3cc(-c4cccc(C(F)(F)F)c4)ccc3NC(=O)C2C1. The van der Waals surface area contributed by atoms with Gasteiger partial charge < -0.3 is 15.5 Å². The van der Waals surface area contributed by atoms with Crippen LogP contribution in [0.15, 0.2) is 42.5 Å². The van der Waals surface area contributed by atoms with E-state index in [2.05, 4.69) is 10.6 Å². The lowest BCUT2D eigenvalue weighted by Crippen LogP contribution is -2.55. The van der Waals surface area contributed by atoms with Gasteiger partial charge in [0.2, 0.25) is 11.8 Å². The highest BCUT2D eigenvalue weighted by Gasteiger charge is 2.40. The molecule has 1 fully saturated rings. The maximum absolute atomic E-state index is 13.4. The number of benzene rings is 2. The molecular weight excluding hydrogens is 459 g/mol. The molecule has 6 nitrogen and oxygen atoms in total. The Bertz CT molecular complexity index is 1170. The first-order valence-electron chi connectivity index (χ1n) is 11.5. The van der Waals surface area contributed by atoms with E-state index in [0.29, 0.717) is 36.1 Å². The van der Waals surface area contributed by atoms with Gasteiger partial charge in [-0.2, -0.15) is 13.2 Å². The number of carbonyl (C=O) groups excluding carboxylic acids is 3. The molecule has 0 radical (unpaired) electrons. The van der Waals surface area contributed by atoms with E-state index in [4.69, 9.17) is 0 Å². The van der Waals surface area contributed by atoms with Crippen molar-refractivity contribution in [3.05, 3.63) is 53.6 Å². The fourth-order valence-corrected chi connectivity index (χ4v) is 4.60. The third-order valence-electron chi connectivity index (χ3n) is 6.25. The van der Waals surface area contributed by atoms with E-state index < -0.39 is 17.8 Å². The Balaban J connectivity index is 1.57. The number of amides is 3. The summed E-state index contributed by atoms with van der Waals surface area (Å²) in [5.74, 6) is -0.805. The molecule has 2 atom stereocenters. The monoisotopic (exact) mass is 487 g/mol. The summed E-state index contributed by atoms with van der Waals surface area (Å²) < 4.78 is 39.5. The fourth-order valence-electron chi connectivity index (χ4n) is 4.60. The summed E-state index contributed by atoms with van der Waals surface area (Å²) in [5.41, 5.74) is 0.368. The molecule has 4 rings (SSSR count). The zero-order chi connectivity index (χ0) is 25.5. The van der Waals surface area contributed by atoms with E-state index in [1.54, 1.807) is 18.2 Å². The molecule has 2 aliphatic rings. The molecule has 2 aromatic carbocycles. The van der Waals surface area contributed by atoms with E-state index in [-0.39, 0.29) is 41.3 Å². The molecule has 2 unspecified atom stereocenters. The number of halogens is 3. The van der Waals surface area contributed by atoms with Gasteiger partial charge in [-0.05, 0) is 53.6 Å². The second-order valence-electron chi connectivity index (χ2n) is 10.4. The van der Waals surface area contributed by atoms with Crippen molar-refractivity contribution in [2.45, 2.75) is 58.3 Å². The van der Waals surface area contributed by atoms with Gasteiger partial charge in [-0.15, -0.1) is 0 Å². The normalized spacial score (nSPS) is 20.5. The average Bonchev–Trinajstić information content (AvgIpc) is 2.86. The number of nitrogens with zero attached hydrogens (tertiary/aromatic N) is 1. The second kappa shape index (κ2) is 9.02. The molecule has 0 bridgehead atoms. The van der Waals surface area contributed by atoms with Gasteiger partial charge in [0.15, 0.2) is 0 Å². The van der Waals surface area contributed by atoms with Crippen LogP contribution >= 0.6 is 0 Å². The average molecular weight is 488 g/mol. The highest BCUT2D eigenvalue weighted by molar-refractivity contribution is 6.10. The lowest BCUT2D eigenvalue weighted by atomic mass is 9.91. The molecule has 0 aliphatic carbocycles. The van der Waals surface area contributed by atoms with Crippen LogP contribution in [-0.2, 0) is 15.8 Å². The number of piperidine rings is 1. The van der Waals surface area contributed by atoms with Crippen molar-refractivity contribution in [1.29, 1.82) is 0 Å². The van der Waals surface area contributed by atoms with Crippen LogP contribution in [0.1, 0.15) is 56.0 Å². The van der Waals surface area contributed by atoms with Gasteiger partial charge in [-0.1, -0.05) is 39.0 Å². The smallest absolute Gasteiger partial charge is 0.353 e. The van der Waals surface area contributed by atoms with E-state index in [9.17, 15) is 27.6 Å². The fraction of sp³-hybridized carbons (Fsp3) is 0.423. The van der Waals surface area contributed by atoms with Crippen molar-refractivity contribution in [3.63, 3.8) is 0 Å². The molecular formula is C26H28F3N3O3. The van der Waals surface area contributed by atoms with Crippen LogP contribution in [0.4, 0.5) is 18.9 Å². The van der Waals surface area contributed by atoms with Crippen LogP contribution in [0.3, 0.4) is 0 Å². The number of rotatable bonds is 3. The molecule has 2 aliphatic heterocycles. The van der Waals surface area contributed by atoms with Crippen molar-refractivity contribution in [1.82, 2.24) is 10.2 Å². The number of nitrogens with one attached hydrogen (secondary N) is 2. The van der Waals surface area contributed by atoms with Crippen LogP contribution in [0, 0.1) is 5.41 Å². The third-order valence-corrected chi connectivity index (χ3v) is 6.25. The molecule has 0 spiro atoms. The van der Waals surface area contributed by atoms with E-state index in [1.165, 1.54) is 17.0 Å². The van der Waals surface area contributed by atoms with Gasteiger partial charge in [-0.25, -0.2) is 0 Å². The first-order chi connectivity index (χ1) is 16.3. The molecule has 35 heavy (non-hydrogen) atoms. The van der Waals surface area contributed by atoms with E-state index >= 15 is 0 Å². The predicted octanol–water partition coefficient (Wildman–Crippen LogP) is 4.85. The number of hydrogen-bond acceptors (Lipinski definition) is 3. The van der Waals surface area contributed by atoms with Crippen molar-refractivity contribution in [3.8, 4) is 11.1 Å². The highest BCUT2D eigenvalue weighted by Crippen LogP contribution is 2.35. The molecule has 2 aromatic rings. The molecule has 0 aromatic heterocycles. The van der Waals surface area contributed by atoms with Gasteiger partial charge in [0.25, 0.3) is 5.91 Å². The van der Waals surface area contributed by atoms with Crippen LogP contribution in [-0.4, -0.2) is 41.2 Å². The van der Waals surface area contributed by atoms with Gasteiger partial charge >= 0.3 is 6.18 Å². The minimum absolute atomic E-state index is 0.0923. The molecule has 9 heteroatoms. The Morgan fingerprint density at radius 1 is 1.09 bits per heavy atom. The highest BCUT2D eigenvalue weighted by atomic mass is 19.4. The quantitative estimate of drug-likeness (QED) is 0.650. The second-order valence-corrected chi connectivity index (χ2v) is 10.4. The van der Waals surface area contributed by atoms with Crippen molar-refractivity contribution >= 4 is 23.4 Å². The molecule has 186 valence electrons. The van der Waals surface area contributed by atoms with Crippen LogP contribution in [0.5, 0.6) is 0 Å². The summed E-state index contributed by atoms with van der Waals surface area (Å²) in [5, 5.41) is 5.77. The number of fused-ring (bicyclic) bond motifs is 2. The van der Waals surface area contributed by atoms with E-state index in [1.807, 2.05) is 20.8 Å². The van der Waals surface area contributed by atoms with Gasteiger partial charge in [-0.3, -0.25) is 14.4 Å². The summed E-state index contributed by atoms with van der Waals surface area (Å²) in [6.07, 6.45) is -3.33. The van der Waals surface area contributed by atoms with Crippen molar-refractivity contribution in [2.24, 2.45) is 5.41 Å². The Morgan fingerprint density at radius 3 is 2.49 bits per heavy atom. The zero-order valence-electron chi connectivity index (χ0n) is 19.8. The largest absolute Gasteiger partial charge is 0.416 e. The van der Waals surface area contributed by atoms with Crippen LogP contribution < -0.4 is 10.6 Å². The lowest BCUT2D eigenvalue weighted by Gasteiger charge is -2.37. The zero-order valence-corrected chi connectivity index (χ0v) is 19.8. The molecule has 1 saturated heterocycles. The van der Waals surface area contributed by atoms with Gasteiger partial charge in [0, 0.05) is 19.0 Å². The number of alkyl halides is 3. The first kappa shape index (κ1) is 24.8. The number of hydrogen-bond donors (Lipinski definition) is 2. The molecule has 0 saturated carbocycles. The molecule has 2 heterocycles. The maximum Gasteiger partial charge on any atom is 0.416 e. The number of anilines is 1. The summed E-state index contributed by atoms with van der Waals surface area (Å²) in [7, 11) is 0. The Morgan fingerprint density at radius 2 is 1.80 bits per heavy atom. The lowest BCUT2D eigenvalue weighted by molar-refractivity contribution is -0.137. The molecule has 3 amide bonds.